The number of pyridine rings is 1. The van der Waals surface area contributed by atoms with Gasteiger partial charge in [-0.15, -0.1) is 0 Å². The highest BCUT2D eigenvalue weighted by molar-refractivity contribution is 6.07. The lowest BCUT2D eigenvalue weighted by Gasteiger charge is -2.08. The maximum atomic E-state index is 12.1. The van der Waals surface area contributed by atoms with Crippen LogP contribution in [0.1, 0.15) is 27.9 Å². The average molecular weight is 253 g/mol. The van der Waals surface area contributed by atoms with Crippen LogP contribution in [-0.4, -0.2) is 10.9 Å². The summed E-state index contributed by atoms with van der Waals surface area (Å²) in [7, 11) is 0. The molecule has 4 nitrogen and oxygen atoms in total. The van der Waals surface area contributed by atoms with E-state index in [1.807, 2.05) is 6.07 Å². The van der Waals surface area contributed by atoms with Crippen LogP contribution in [0.4, 0.5) is 11.4 Å². The fraction of sp³-hybridized carbons (Fsp3) is 0.200. The quantitative estimate of drug-likeness (QED) is 0.863. The van der Waals surface area contributed by atoms with Crippen molar-refractivity contribution in [2.45, 2.75) is 19.3 Å². The van der Waals surface area contributed by atoms with Crippen LogP contribution in [0.3, 0.4) is 0 Å². The number of nitrogens with one attached hydrogen (secondary N) is 1. The van der Waals surface area contributed by atoms with Gasteiger partial charge in [-0.2, -0.15) is 0 Å². The molecule has 0 fully saturated rings. The molecular weight excluding hydrogens is 238 g/mol. The summed E-state index contributed by atoms with van der Waals surface area (Å²) in [5.41, 5.74) is 10.1. The first-order chi connectivity index (χ1) is 9.24. The number of carbonyl (C=O) groups is 1. The summed E-state index contributed by atoms with van der Waals surface area (Å²) in [5.74, 6) is -0.196. The fourth-order valence-electron chi connectivity index (χ4n) is 2.46. The molecule has 0 aliphatic heterocycles. The number of hydrogen-bond acceptors (Lipinski definition) is 3. The molecule has 1 amide bonds. The van der Waals surface area contributed by atoms with Crippen LogP contribution in [0.25, 0.3) is 0 Å². The molecule has 3 rings (SSSR count). The summed E-state index contributed by atoms with van der Waals surface area (Å²) in [6.07, 6.45) is 6.48. The van der Waals surface area contributed by atoms with Crippen molar-refractivity contribution in [1.29, 1.82) is 0 Å². The van der Waals surface area contributed by atoms with E-state index < -0.39 is 0 Å². The Labute approximate surface area is 111 Å². The van der Waals surface area contributed by atoms with Gasteiger partial charge in [0.2, 0.25) is 0 Å². The van der Waals surface area contributed by atoms with E-state index >= 15 is 0 Å². The third-order valence-corrected chi connectivity index (χ3v) is 3.45. The zero-order valence-corrected chi connectivity index (χ0v) is 10.5. The fourth-order valence-corrected chi connectivity index (χ4v) is 2.46. The van der Waals surface area contributed by atoms with Crippen molar-refractivity contribution in [3.05, 3.63) is 53.3 Å². The minimum atomic E-state index is -0.196. The number of nitrogen functional groups attached to an aromatic ring is 1. The summed E-state index contributed by atoms with van der Waals surface area (Å²) in [6.45, 7) is 0. The number of fused-ring (bicyclic) bond motifs is 1. The molecule has 0 radical (unpaired) electrons. The lowest BCUT2D eigenvalue weighted by molar-refractivity contribution is 0.102. The molecule has 4 heteroatoms. The van der Waals surface area contributed by atoms with Crippen LogP contribution in [0.5, 0.6) is 0 Å². The molecule has 1 aromatic carbocycles. The Morgan fingerprint density at radius 1 is 1.21 bits per heavy atom. The van der Waals surface area contributed by atoms with E-state index in [2.05, 4.69) is 22.4 Å². The summed E-state index contributed by atoms with van der Waals surface area (Å²) >= 11 is 0. The standard InChI is InChI=1S/C15H15N3O/c16-14-9-17-7-6-13(14)15(19)18-12-5-4-10-2-1-3-11(10)8-12/h4-9H,1-3,16H2,(H,18,19). The Balaban J connectivity index is 1.82. The van der Waals surface area contributed by atoms with Crippen LogP contribution in [0.2, 0.25) is 0 Å². The van der Waals surface area contributed by atoms with Crippen molar-refractivity contribution in [3.63, 3.8) is 0 Å². The van der Waals surface area contributed by atoms with Gasteiger partial charge in [0.25, 0.3) is 5.91 Å². The highest BCUT2D eigenvalue weighted by atomic mass is 16.1. The van der Waals surface area contributed by atoms with Crippen LogP contribution < -0.4 is 11.1 Å². The number of rotatable bonds is 2. The Morgan fingerprint density at radius 3 is 2.89 bits per heavy atom. The molecule has 96 valence electrons. The number of aromatic nitrogens is 1. The topological polar surface area (TPSA) is 68.0 Å². The molecule has 1 heterocycles. The van der Waals surface area contributed by atoms with Crippen molar-refractivity contribution in [2.75, 3.05) is 11.1 Å². The van der Waals surface area contributed by atoms with Crippen molar-refractivity contribution < 1.29 is 4.79 Å². The largest absolute Gasteiger partial charge is 0.397 e. The van der Waals surface area contributed by atoms with Gasteiger partial charge in [0.15, 0.2) is 0 Å². The lowest BCUT2D eigenvalue weighted by Crippen LogP contribution is -2.14. The van der Waals surface area contributed by atoms with E-state index in [4.69, 9.17) is 5.73 Å². The van der Waals surface area contributed by atoms with E-state index in [1.165, 1.54) is 23.7 Å². The zero-order chi connectivity index (χ0) is 13.2. The number of benzene rings is 1. The van der Waals surface area contributed by atoms with E-state index in [-0.39, 0.29) is 5.91 Å². The van der Waals surface area contributed by atoms with Gasteiger partial charge in [-0.3, -0.25) is 9.78 Å². The van der Waals surface area contributed by atoms with Gasteiger partial charge in [-0.05, 0) is 48.6 Å². The van der Waals surface area contributed by atoms with Crippen LogP contribution >= 0.6 is 0 Å². The number of nitrogens with zero attached hydrogens (tertiary/aromatic N) is 1. The first kappa shape index (κ1) is 11.7. The van der Waals surface area contributed by atoms with E-state index in [1.54, 1.807) is 12.3 Å². The predicted molar refractivity (Wildman–Crippen MR) is 75.1 cm³/mol. The number of nitrogens with two attached hydrogens (primary N) is 1. The highest BCUT2D eigenvalue weighted by Gasteiger charge is 2.13. The smallest absolute Gasteiger partial charge is 0.257 e. The summed E-state index contributed by atoms with van der Waals surface area (Å²) in [5, 5.41) is 2.88. The molecule has 1 aliphatic rings. The summed E-state index contributed by atoms with van der Waals surface area (Å²) in [4.78, 5) is 16.0. The van der Waals surface area contributed by atoms with Gasteiger partial charge in [0.05, 0.1) is 17.4 Å². The van der Waals surface area contributed by atoms with Gasteiger partial charge < -0.3 is 11.1 Å². The van der Waals surface area contributed by atoms with E-state index in [9.17, 15) is 4.79 Å². The molecule has 1 aliphatic carbocycles. The minimum absolute atomic E-state index is 0.196. The molecule has 19 heavy (non-hydrogen) atoms. The number of amides is 1. The summed E-state index contributed by atoms with van der Waals surface area (Å²) < 4.78 is 0. The Morgan fingerprint density at radius 2 is 2.05 bits per heavy atom. The zero-order valence-electron chi connectivity index (χ0n) is 10.5. The number of aryl methyl sites for hydroxylation is 2. The molecule has 0 atom stereocenters. The third kappa shape index (κ3) is 2.29. The third-order valence-electron chi connectivity index (χ3n) is 3.45. The minimum Gasteiger partial charge on any atom is -0.397 e. The van der Waals surface area contributed by atoms with Crippen molar-refractivity contribution in [3.8, 4) is 0 Å². The second kappa shape index (κ2) is 4.72. The second-order valence-electron chi connectivity index (χ2n) is 4.75. The predicted octanol–water partition coefficient (Wildman–Crippen LogP) is 2.40. The Hall–Kier alpha value is -2.36. The Kier molecular flexibility index (Phi) is 2.91. The maximum absolute atomic E-state index is 12.1. The van der Waals surface area contributed by atoms with Gasteiger partial charge in [-0.1, -0.05) is 6.07 Å². The highest BCUT2D eigenvalue weighted by Crippen LogP contribution is 2.25. The number of carbonyl (C=O) groups excluding carboxylic acids is 1. The normalized spacial score (nSPS) is 13.1. The van der Waals surface area contributed by atoms with Crippen LogP contribution in [-0.2, 0) is 12.8 Å². The lowest BCUT2D eigenvalue weighted by atomic mass is 10.1. The number of hydrogen-bond donors (Lipinski definition) is 2. The Bertz CT molecular complexity index is 637. The van der Waals surface area contributed by atoms with Crippen molar-refractivity contribution in [2.24, 2.45) is 0 Å². The van der Waals surface area contributed by atoms with Crippen LogP contribution in [0.15, 0.2) is 36.7 Å². The molecular formula is C15H15N3O. The molecule has 3 N–H and O–H groups in total. The molecule has 2 aromatic rings. The van der Waals surface area contributed by atoms with Gasteiger partial charge in [-0.25, -0.2) is 0 Å². The maximum Gasteiger partial charge on any atom is 0.257 e. The molecule has 0 spiro atoms. The molecule has 0 saturated heterocycles. The first-order valence-corrected chi connectivity index (χ1v) is 6.37. The first-order valence-electron chi connectivity index (χ1n) is 6.37. The van der Waals surface area contributed by atoms with Gasteiger partial charge in [0, 0.05) is 11.9 Å². The molecule has 0 unspecified atom stereocenters. The second-order valence-corrected chi connectivity index (χ2v) is 4.75. The average Bonchev–Trinajstić information content (AvgIpc) is 2.86. The van der Waals surface area contributed by atoms with Gasteiger partial charge >= 0.3 is 0 Å². The molecule has 0 saturated carbocycles. The van der Waals surface area contributed by atoms with Crippen LogP contribution in [0, 0.1) is 0 Å². The summed E-state index contributed by atoms with van der Waals surface area (Å²) in [6, 6.07) is 7.71. The van der Waals surface area contributed by atoms with E-state index in [0.717, 1.165) is 18.5 Å². The van der Waals surface area contributed by atoms with Gasteiger partial charge in [0.1, 0.15) is 0 Å². The van der Waals surface area contributed by atoms with E-state index in [0.29, 0.717) is 11.3 Å². The van der Waals surface area contributed by atoms with Crippen molar-refractivity contribution in [1.82, 2.24) is 4.98 Å². The SMILES string of the molecule is Nc1cnccc1C(=O)Nc1ccc2c(c1)CCC2. The molecule has 0 bridgehead atoms. The monoisotopic (exact) mass is 253 g/mol. The number of anilines is 2. The molecule has 1 aromatic heterocycles. The van der Waals surface area contributed by atoms with Crippen molar-refractivity contribution >= 4 is 17.3 Å².